The van der Waals surface area contributed by atoms with Crippen LogP contribution in [0.5, 0.6) is 0 Å². The van der Waals surface area contributed by atoms with Crippen molar-refractivity contribution in [3.05, 3.63) is 0 Å². The molecule has 0 bridgehead atoms. The summed E-state index contributed by atoms with van der Waals surface area (Å²) in [4.78, 5) is 0. The molecule has 66 valence electrons. The van der Waals surface area contributed by atoms with Gasteiger partial charge in [0.1, 0.15) is 0 Å². The monoisotopic (exact) mass is 156 g/mol. The predicted molar refractivity (Wildman–Crippen MR) is 48.1 cm³/mol. The summed E-state index contributed by atoms with van der Waals surface area (Å²) >= 11 is 0. The maximum atomic E-state index is 2.42. The molecule has 0 aromatic carbocycles. The molecule has 2 atom stereocenters. The van der Waals surface area contributed by atoms with Crippen LogP contribution in [-0.2, 0) is 0 Å². The van der Waals surface area contributed by atoms with Gasteiger partial charge in [-0.2, -0.15) is 0 Å². The van der Waals surface area contributed by atoms with Crippen LogP contribution < -0.4 is 0 Å². The molecule has 1 heterocycles. The molecule has 0 aromatic rings. The van der Waals surface area contributed by atoms with Crippen LogP contribution in [0, 0.1) is 0 Å². The Kier molecular flexibility index (Phi) is 2.55. The first-order valence-corrected chi connectivity index (χ1v) is 4.58. The van der Waals surface area contributed by atoms with E-state index in [1.165, 1.54) is 26.1 Å². The molecule has 2 unspecified atom stereocenters. The molecule has 2 nitrogen and oxygen atoms in total. The van der Waals surface area contributed by atoms with Gasteiger partial charge in [0.05, 0.1) is 6.67 Å². The molecule has 0 aliphatic carbocycles. The molecule has 1 aliphatic heterocycles. The second kappa shape index (κ2) is 3.11. The van der Waals surface area contributed by atoms with Crippen molar-refractivity contribution in [2.75, 3.05) is 13.2 Å². The maximum Gasteiger partial charge on any atom is 0.0793 e. The van der Waals surface area contributed by atoms with Crippen LogP contribution in [0.2, 0.25) is 0 Å². The topological polar surface area (TPSA) is 6.02 Å². The number of rotatable bonds is 3. The van der Waals surface area contributed by atoms with Crippen LogP contribution in [0.25, 0.3) is 0 Å². The summed E-state index contributed by atoms with van der Waals surface area (Å²) < 4.78 is 0. The molecule has 1 aliphatic rings. The number of hydrazine groups is 1. The Bertz CT molecular complexity index is 126. The number of unbranched alkanes of at least 4 members (excludes halogenated alkanes) is 1. The summed E-state index contributed by atoms with van der Waals surface area (Å²) in [7, 11) is 0. The van der Waals surface area contributed by atoms with Crippen molar-refractivity contribution < 1.29 is 0 Å². The van der Waals surface area contributed by atoms with Crippen molar-refractivity contribution in [1.29, 1.82) is 0 Å². The quantitative estimate of drug-likeness (QED) is 0.577. The zero-order valence-corrected chi connectivity index (χ0v) is 8.22. The van der Waals surface area contributed by atoms with Gasteiger partial charge >= 0.3 is 0 Å². The Balaban J connectivity index is 2.16. The Morgan fingerprint density at radius 3 is 2.27 bits per heavy atom. The number of hydrogen-bond acceptors (Lipinski definition) is 2. The van der Waals surface area contributed by atoms with E-state index in [4.69, 9.17) is 0 Å². The number of hydrogen-bond donors (Lipinski definition) is 0. The second-order valence-electron chi connectivity index (χ2n) is 4.30. The number of nitrogens with zero attached hydrogens (tertiary/aromatic N) is 2. The minimum atomic E-state index is 0.341. The fraction of sp³-hybridized carbons (Fsp3) is 1.00. The Hall–Kier alpha value is -0.0800. The summed E-state index contributed by atoms with van der Waals surface area (Å²) in [6, 6.07) is 0. The lowest BCUT2D eigenvalue weighted by Crippen LogP contribution is -2.29. The van der Waals surface area contributed by atoms with Crippen molar-refractivity contribution in [3.8, 4) is 0 Å². The lowest BCUT2D eigenvalue weighted by Gasteiger charge is -2.20. The molecule has 1 rings (SSSR count). The van der Waals surface area contributed by atoms with E-state index in [-0.39, 0.29) is 0 Å². The highest BCUT2D eigenvalue weighted by Crippen LogP contribution is 2.27. The second-order valence-corrected chi connectivity index (χ2v) is 4.30. The Morgan fingerprint density at radius 1 is 1.27 bits per heavy atom. The first-order valence-electron chi connectivity index (χ1n) is 4.58. The van der Waals surface area contributed by atoms with Crippen LogP contribution >= 0.6 is 0 Å². The summed E-state index contributed by atoms with van der Waals surface area (Å²) in [6.45, 7) is 11.4. The summed E-state index contributed by atoms with van der Waals surface area (Å²) in [5, 5.41) is 4.84. The van der Waals surface area contributed by atoms with Crippen LogP contribution in [-0.4, -0.2) is 28.8 Å². The smallest absolute Gasteiger partial charge is 0.0793 e. The standard InChI is InChI=1S/C9H20N2/c1-5-6-7-10-8-11(10)9(2,3)4/h5-8H2,1-4H3. The third-order valence-electron chi connectivity index (χ3n) is 2.10. The molecule has 0 aromatic heterocycles. The van der Waals surface area contributed by atoms with E-state index in [0.29, 0.717) is 5.54 Å². The third-order valence-corrected chi connectivity index (χ3v) is 2.10. The van der Waals surface area contributed by atoms with Gasteiger partial charge < -0.3 is 0 Å². The highest BCUT2D eigenvalue weighted by molar-refractivity contribution is 4.82. The van der Waals surface area contributed by atoms with Crippen LogP contribution in [0.3, 0.4) is 0 Å². The van der Waals surface area contributed by atoms with E-state index in [1.807, 2.05) is 0 Å². The van der Waals surface area contributed by atoms with Crippen molar-refractivity contribution in [2.24, 2.45) is 0 Å². The molecule has 11 heavy (non-hydrogen) atoms. The van der Waals surface area contributed by atoms with Gasteiger partial charge in [-0.3, -0.25) is 0 Å². The molecule has 0 N–H and O–H groups in total. The molecule has 2 heteroatoms. The van der Waals surface area contributed by atoms with Gasteiger partial charge in [0.2, 0.25) is 0 Å². The molecular formula is C9H20N2. The van der Waals surface area contributed by atoms with Gasteiger partial charge in [0.15, 0.2) is 0 Å². The van der Waals surface area contributed by atoms with Crippen LogP contribution in [0.15, 0.2) is 0 Å². The van der Waals surface area contributed by atoms with E-state index < -0.39 is 0 Å². The maximum absolute atomic E-state index is 2.42. The zero-order valence-electron chi connectivity index (χ0n) is 8.22. The van der Waals surface area contributed by atoms with E-state index >= 15 is 0 Å². The van der Waals surface area contributed by atoms with Crippen molar-refractivity contribution in [1.82, 2.24) is 10.0 Å². The van der Waals surface area contributed by atoms with E-state index in [9.17, 15) is 0 Å². The molecule has 1 fully saturated rings. The highest BCUT2D eigenvalue weighted by atomic mass is 15.8. The third kappa shape index (κ3) is 2.46. The average Bonchev–Trinajstić information content (AvgIpc) is 2.60. The lowest BCUT2D eigenvalue weighted by molar-refractivity contribution is 0.179. The normalized spacial score (nSPS) is 30.5. The fourth-order valence-electron chi connectivity index (χ4n) is 1.29. The first-order chi connectivity index (χ1) is 5.05. The zero-order chi connectivity index (χ0) is 8.48. The van der Waals surface area contributed by atoms with Crippen LogP contribution in [0.4, 0.5) is 0 Å². The van der Waals surface area contributed by atoms with E-state index in [1.54, 1.807) is 0 Å². The molecule has 0 spiro atoms. The molecular weight excluding hydrogens is 136 g/mol. The minimum absolute atomic E-state index is 0.341. The molecule has 0 radical (unpaired) electrons. The van der Waals surface area contributed by atoms with Gasteiger partial charge in [-0.25, -0.2) is 10.0 Å². The lowest BCUT2D eigenvalue weighted by atomic mass is 10.1. The predicted octanol–water partition coefficient (Wildman–Crippen LogP) is 2.08. The van der Waals surface area contributed by atoms with Gasteiger partial charge in [0, 0.05) is 12.1 Å². The van der Waals surface area contributed by atoms with E-state index in [2.05, 4.69) is 37.7 Å². The molecule has 0 saturated carbocycles. The summed E-state index contributed by atoms with van der Waals surface area (Å²) in [5.74, 6) is 0. The van der Waals surface area contributed by atoms with Gasteiger partial charge in [0.25, 0.3) is 0 Å². The van der Waals surface area contributed by atoms with Gasteiger partial charge in [-0.1, -0.05) is 13.3 Å². The first kappa shape index (κ1) is 9.01. The summed E-state index contributed by atoms with van der Waals surface area (Å²) in [6.07, 6.45) is 2.63. The Morgan fingerprint density at radius 2 is 1.91 bits per heavy atom. The van der Waals surface area contributed by atoms with Crippen LogP contribution in [0.1, 0.15) is 40.5 Å². The fourth-order valence-corrected chi connectivity index (χ4v) is 1.29. The molecule has 1 saturated heterocycles. The SMILES string of the molecule is CCCCN1CN1C(C)(C)C. The largest absolute Gasteiger partial charge is 0.224 e. The highest BCUT2D eigenvalue weighted by Gasteiger charge is 2.38. The minimum Gasteiger partial charge on any atom is -0.224 e. The van der Waals surface area contributed by atoms with Crippen molar-refractivity contribution in [2.45, 2.75) is 46.1 Å². The van der Waals surface area contributed by atoms with E-state index in [0.717, 1.165) is 0 Å². The average molecular weight is 156 g/mol. The summed E-state index contributed by atoms with van der Waals surface area (Å²) in [5.41, 5.74) is 0.341. The van der Waals surface area contributed by atoms with Crippen molar-refractivity contribution in [3.63, 3.8) is 0 Å². The van der Waals surface area contributed by atoms with Gasteiger partial charge in [-0.15, -0.1) is 0 Å². The molecule has 0 amide bonds. The van der Waals surface area contributed by atoms with Crippen molar-refractivity contribution >= 4 is 0 Å². The Labute approximate surface area is 70.1 Å². The van der Waals surface area contributed by atoms with Gasteiger partial charge in [-0.05, 0) is 27.2 Å².